The summed E-state index contributed by atoms with van der Waals surface area (Å²) in [5.41, 5.74) is 0. The molecule has 1 aliphatic heterocycles. The van der Waals surface area contributed by atoms with Gasteiger partial charge in [0.25, 0.3) is 0 Å². The minimum Gasteiger partial charge on any atom is -0.480 e. The summed E-state index contributed by atoms with van der Waals surface area (Å²) in [7, 11) is 0. The second-order valence-corrected chi connectivity index (χ2v) is 5.42. The van der Waals surface area contributed by atoms with Gasteiger partial charge in [-0.3, -0.25) is 4.79 Å². The summed E-state index contributed by atoms with van der Waals surface area (Å²) < 4.78 is 0. The lowest BCUT2D eigenvalue weighted by molar-refractivity contribution is -0.149. The molecule has 3 unspecified atom stereocenters. The first-order valence-electron chi connectivity index (χ1n) is 7.00. The van der Waals surface area contributed by atoms with E-state index in [-0.39, 0.29) is 18.5 Å². The molecule has 0 aromatic rings. The maximum atomic E-state index is 12.3. The van der Waals surface area contributed by atoms with Crippen molar-refractivity contribution in [2.24, 2.45) is 5.92 Å². The number of amides is 1. The minimum atomic E-state index is -0.869. The number of hydrogen-bond donors (Lipinski definition) is 2. The largest absolute Gasteiger partial charge is 0.480 e. The van der Waals surface area contributed by atoms with Crippen molar-refractivity contribution in [3.8, 4) is 0 Å². The van der Waals surface area contributed by atoms with Crippen LogP contribution in [0.3, 0.4) is 0 Å². The highest BCUT2D eigenvalue weighted by Crippen LogP contribution is 2.39. The first kappa shape index (κ1) is 14.1. The summed E-state index contributed by atoms with van der Waals surface area (Å²) in [6, 6.07) is -0.501. The highest BCUT2D eigenvalue weighted by molar-refractivity contribution is 5.86. The van der Waals surface area contributed by atoms with E-state index in [0.717, 1.165) is 25.7 Å². The Morgan fingerprint density at radius 1 is 1.37 bits per heavy atom. The van der Waals surface area contributed by atoms with E-state index in [0.29, 0.717) is 18.9 Å². The molecule has 1 saturated heterocycles. The van der Waals surface area contributed by atoms with Crippen molar-refractivity contribution in [3.63, 3.8) is 0 Å². The first-order chi connectivity index (χ1) is 9.15. The van der Waals surface area contributed by atoms with E-state index in [4.69, 9.17) is 0 Å². The van der Waals surface area contributed by atoms with Gasteiger partial charge < -0.3 is 15.3 Å². The number of fused-ring (bicyclic) bond motifs is 1. The van der Waals surface area contributed by atoms with Crippen LogP contribution in [0.5, 0.6) is 0 Å². The van der Waals surface area contributed by atoms with Crippen LogP contribution in [-0.2, 0) is 9.59 Å². The van der Waals surface area contributed by atoms with E-state index in [1.807, 2.05) is 0 Å². The van der Waals surface area contributed by atoms with Gasteiger partial charge in [-0.05, 0) is 25.2 Å². The van der Waals surface area contributed by atoms with Gasteiger partial charge in [0.15, 0.2) is 0 Å². The van der Waals surface area contributed by atoms with Crippen molar-refractivity contribution in [3.05, 3.63) is 12.7 Å². The van der Waals surface area contributed by atoms with Gasteiger partial charge in [-0.1, -0.05) is 18.9 Å². The molecular formula is C14H22N2O3. The van der Waals surface area contributed by atoms with E-state index in [9.17, 15) is 14.7 Å². The Kier molecular flexibility index (Phi) is 4.58. The van der Waals surface area contributed by atoms with Gasteiger partial charge in [-0.15, -0.1) is 6.58 Å². The maximum absolute atomic E-state index is 12.3. The molecule has 1 saturated carbocycles. The molecule has 1 heterocycles. The molecule has 2 aliphatic rings. The SMILES string of the molecule is C=CCNCC(=O)N1C(C(=O)O)CC2CCCCC21. The Morgan fingerprint density at radius 2 is 2.11 bits per heavy atom. The predicted molar refractivity (Wildman–Crippen MR) is 71.7 cm³/mol. The fourth-order valence-electron chi connectivity index (χ4n) is 3.41. The topological polar surface area (TPSA) is 69.6 Å². The number of carbonyl (C=O) groups excluding carboxylic acids is 1. The van der Waals surface area contributed by atoms with Crippen LogP contribution >= 0.6 is 0 Å². The highest BCUT2D eigenvalue weighted by Gasteiger charge is 2.47. The van der Waals surface area contributed by atoms with Crippen molar-refractivity contribution in [2.45, 2.75) is 44.2 Å². The molecule has 2 fully saturated rings. The summed E-state index contributed by atoms with van der Waals surface area (Å²) >= 11 is 0. The van der Waals surface area contributed by atoms with Gasteiger partial charge in [0.05, 0.1) is 6.54 Å². The smallest absolute Gasteiger partial charge is 0.326 e. The molecule has 106 valence electrons. The predicted octanol–water partition coefficient (Wildman–Crippen LogP) is 1.01. The lowest BCUT2D eigenvalue weighted by Crippen LogP contribution is -2.49. The van der Waals surface area contributed by atoms with Gasteiger partial charge >= 0.3 is 5.97 Å². The summed E-state index contributed by atoms with van der Waals surface area (Å²) in [5.74, 6) is -0.590. The molecule has 0 spiro atoms. The zero-order valence-electron chi connectivity index (χ0n) is 11.2. The average molecular weight is 266 g/mol. The standard InChI is InChI=1S/C14H22N2O3/c1-2-7-15-9-13(17)16-11-6-4-3-5-10(11)8-12(16)14(18)19/h2,10-12,15H,1,3-9H2,(H,18,19). The molecule has 3 atom stereocenters. The average Bonchev–Trinajstić information content (AvgIpc) is 2.78. The van der Waals surface area contributed by atoms with Crippen LogP contribution in [0.25, 0.3) is 0 Å². The Bertz CT molecular complexity index is 370. The highest BCUT2D eigenvalue weighted by atomic mass is 16.4. The molecule has 19 heavy (non-hydrogen) atoms. The van der Waals surface area contributed by atoms with Crippen LogP contribution in [0.1, 0.15) is 32.1 Å². The second-order valence-electron chi connectivity index (χ2n) is 5.42. The number of hydrogen-bond acceptors (Lipinski definition) is 3. The van der Waals surface area contributed by atoms with Gasteiger partial charge in [0.1, 0.15) is 6.04 Å². The summed E-state index contributed by atoms with van der Waals surface area (Å²) in [4.78, 5) is 25.2. The first-order valence-corrected chi connectivity index (χ1v) is 7.00. The zero-order chi connectivity index (χ0) is 13.8. The Balaban J connectivity index is 2.06. The number of carboxylic acid groups (broad SMARTS) is 1. The fraction of sp³-hybridized carbons (Fsp3) is 0.714. The normalized spacial score (nSPS) is 29.9. The number of rotatable bonds is 5. The van der Waals surface area contributed by atoms with Crippen molar-refractivity contribution in [1.29, 1.82) is 0 Å². The number of nitrogens with zero attached hydrogens (tertiary/aromatic N) is 1. The molecule has 2 N–H and O–H groups in total. The number of likely N-dealkylation sites (tertiary alicyclic amines) is 1. The molecule has 5 heteroatoms. The third-order valence-corrected chi connectivity index (χ3v) is 4.23. The minimum absolute atomic E-state index is 0.0938. The lowest BCUT2D eigenvalue weighted by Gasteiger charge is -2.33. The van der Waals surface area contributed by atoms with Gasteiger partial charge in [0.2, 0.25) is 5.91 Å². The molecule has 0 bridgehead atoms. The number of nitrogens with one attached hydrogen (secondary N) is 1. The number of carboxylic acids is 1. The molecule has 1 aliphatic carbocycles. The van der Waals surface area contributed by atoms with Crippen LogP contribution < -0.4 is 5.32 Å². The Labute approximate surface area is 113 Å². The van der Waals surface area contributed by atoms with Crippen molar-refractivity contribution in [1.82, 2.24) is 10.2 Å². The van der Waals surface area contributed by atoms with Crippen molar-refractivity contribution >= 4 is 11.9 Å². The molecule has 0 radical (unpaired) electrons. The second kappa shape index (κ2) is 6.19. The molecule has 2 rings (SSSR count). The van der Waals surface area contributed by atoms with Crippen LogP contribution in [0, 0.1) is 5.92 Å². The Hall–Kier alpha value is -1.36. The van der Waals surface area contributed by atoms with E-state index < -0.39 is 12.0 Å². The van der Waals surface area contributed by atoms with Crippen molar-refractivity contribution < 1.29 is 14.7 Å². The summed E-state index contributed by atoms with van der Waals surface area (Å²) in [6.07, 6.45) is 6.56. The van der Waals surface area contributed by atoms with Gasteiger partial charge in [-0.2, -0.15) is 0 Å². The molecular weight excluding hydrogens is 244 g/mol. The molecule has 1 amide bonds. The molecule has 0 aromatic carbocycles. The maximum Gasteiger partial charge on any atom is 0.326 e. The van der Waals surface area contributed by atoms with E-state index in [2.05, 4.69) is 11.9 Å². The van der Waals surface area contributed by atoms with Crippen molar-refractivity contribution in [2.75, 3.05) is 13.1 Å². The van der Waals surface area contributed by atoms with Crippen LogP contribution in [0.4, 0.5) is 0 Å². The fourth-order valence-corrected chi connectivity index (χ4v) is 3.41. The summed E-state index contributed by atoms with van der Waals surface area (Å²) in [6.45, 7) is 4.34. The van der Waals surface area contributed by atoms with Crippen LogP contribution in [0.2, 0.25) is 0 Å². The Morgan fingerprint density at radius 3 is 2.79 bits per heavy atom. The number of carbonyl (C=O) groups is 2. The summed E-state index contributed by atoms with van der Waals surface area (Å²) in [5, 5.41) is 12.3. The van der Waals surface area contributed by atoms with E-state index >= 15 is 0 Å². The van der Waals surface area contributed by atoms with E-state index in [1.54, 1.807) is 11.0 Å². The quantitative estimate of drug-likeness (QED) is 0.575. The van der Waals surface area contributed by atoms with Gasteiger partial charge in [-0.25, -0.2) is 4.79 Å². The van der Waals surface area contributed by atoms with E-state index in [1.165, 1.54) is 0 Å². The third kappa shape index (κ3) is 2.97. The number of aliphatic carboxylic acids is 1. The monoisotopic (exact) mass is 266 g/mol. The molecule has 0 aromatic heterocycles. The molecule has 5 nitrogen and oxygen atoms in total. The third-order valence-electron chi connectivity index (χ3n) is 4.23. The van der Waals surface area contributed by atoms with Crippen LogP contribution in [0.15, 0.2) is 12.7 Å². The zero-order valence-corrected chi connectivity index (χ0v) is 11.2. The van der Waals surface area contributed by atoms with Crippen LogP contribution in [-0.4, -0.2) is 47.1 Å². The lowest BCUT2D eigenvalue weighted by atomic mass is 9.85. The van der Waals surface area contributed by atoms with Gasteiger partial charge in [0, 0.05) is 12.6 Å².